The Labute approximate surface area is 205 Å². The van der Waals surface area contributed by atoms with Crippen LogP contribution in [0, 0.1) is 6.92 Å². The van der Waals surface area contributed by atoms with Crippen LogP contribution in [0.15, 0.2) is 63.6 Å². The third-order valence-electron chi connectivity index (χ3n) is 5.27. The zero-order chi connectivity index (χ0) is 20.6. The van der Waals surface area contributed by atoms with Crippen molar-refractivity contribution in [3.63, 3.8) is 0 Å². The molecule has 1 aliphatic rings. The number of guanidine groups is 1. The lowest BCUT2D eigenvalue weighted by Crippen LogP contribution is -2.49. The Bertz CT molecular complexity index is 904. The average Bonchev–Trinajstić information content (AvgIpc) is 3.47. The van der Waals surface area contributed by atoms with Crippen LogP contribution in [0.3, 0.4) is 0 Å². The quantitative estimate of drug-likeness (QED) is 0.255. The first kappa shape index (κ1) is 23.6. The van der Waals surface area contributed by atoms with Gasteiger partial charge in [-0.2, -0.15) is 0 Å². The van der Waals surface area contributed by atoms with Gasteiger partial charge in [-0.1, -0.05) is 12.1 Å². The van der Waals surface area contributed by atoms with Gasteiger partial charge in [0, 0.05) is 43.2 Å². The second-order valence-corrected chi connectivity index (χ2v) is 8.63. The summed E-state index contributed by atoms with van der Waals surface area (Å²) in [6.45, 7) is 5.55. The maximum Gasteiger partial charge on any atom is 0.191 e. The van der Waals surface area contributed by atoms with Crippen molar-refractivity contribution in [1.82, 2.24) is 15.6 Å². The van der Waals surface area contributed by atoms with E-state index in [-0.39, 0.29) is 24.0 Å². The fourth-order valence-electron chi connectivity index (χ4n) is 3.56. The highest BCUT2D eigenvalue weighted by molar-refractivity contribution is 14.0. The smallest absolute Gasteiger partial charge is 0.191 e. The predicted molar refractivity (Wildman–Crippen MR) is 139 cm³/mol. The molecule has 4 heterocycles. The third kappa shape index (κ3) is 7.24. The van der Waals surface area contributed by atoms with Crippen LogP contribution >= 0.6 is 35.3 Å². The number of aryl methyl sites for hydroxylation is 1. The maximum atomic E-state index is 5.44. The normalized spacial score (nSPS) is 14.9. The summed E-state index contributed by atoms with van der Waals surface area (Å²) in [5.74, 6) is 2.93. The zero-order valence-electron chi connectivity index (χ0n) is 17.8. The summed E-state index contributed by atoms with van der Waals surface area (Å²) in [6.07, 6.45) is 6.62. The van der Waals surface area contributed by atoms with Crippen molar-refractivity contribution in [2.45, 2.75) is 38.8 Å². The van der Waals surface area contributed by atoms with Crippen molar-refractivity contribution in [3.05, 3.63) is 70.4 Å². The molecule has 2 N–H and O–H groups in total. The van der Waals surface area contributed by atoms with Crippen LogP contribution in [0.4, 0.5) is 5.82 Å². The molecule has 31 heavy (non-hydrogen) atoms. The van der Waals surface area contributed by atoms with E-state index in [4.69, 9.17) is 9.41 Å². The van der Waals surface area contributed by atoms with Crippen LogP contribution in [0.25, 0.3) is 0 Å². The standard InChI is InChI=1S/C23H29N5OS.HI/c1-18-6-7-22(25-16-18)28-12-9-19(10-13-28)27-23(26-17-21-5-3-15-30-21)24-11-8-20-4-2-14-29-20;/h2-7,14-16,19H,8-13,17H2,1H3,(H2,24,26,27);1H. The first-order chi connectivity index (χ1) is 14.8. The Morgan fingerprint density at radius 2 is 2.10 bits per heavy atom. The van der Waals surface area contributed by atoms with Crippen LogP contribution in [0.2, 0.25) is 0 Å². The molecule has 0 saturated carbocycles. The van der Waals surface area contributed by atoms with Crippen LogP contribution in [0.5, 0.6) is 0 Å². The van der Waals surface area contributed by atoms with Crippen molar-refractivity contribution in [2.75, 3.05) is 24.5 Å². The van der Waals surface area contributed by atoms with Gasteiger partial charge in [0.05, 0.1) is 12.8 Å². The summed E-state index contributed by atoms with van der Waals surface area (Å²) in [7, 11) is 0. The number of rotatable bonds is 7. The molecule has 0 unspecified atom stereocenters. The van der Waals surface area contributed by atoms with Gasteiger partial charge in [0.2, 0.25) is 0 Å². The van der Waals surface area contributed by atoms with E-state index < -0.39 is 0 Å². The molecule has 0 amide bonds. The molecule has 0 aromatic carbocycles. The second kappa shape index (κ2) is 12.1. The molecular weight excluding hydrogens is 521 g/mol. The molecule has 1 aliphatic heterocycles. The number of anilines is 1. The second-order valence-electron chi connectivity index (χ2n) is 7.60. The molecule has 0 radical (unpaired) electrons. The number of pyridine rings is 1. The number of furan rings is 1. The lowest BCUT2D eigenvalue weighted by molar-refractivity contribution is 0.458. The number of piperidine rings is 1. The van der Waals surface area contributed by atoms with Gasteiger partial charge in [-0.05, 0) is 55.0 Å². The van der Waals surface area contributed by atoms with Gasteiger partial charge in [0.1, 0.15) is 11.6 Å². The predicted octanol–water partition coefficient (Wildman–Crippen LogP) is 4.61. The highest BCUT2D eigenvalue weighted by Crippen LogP contribution is 2.18. The van der Waals surface area contributed by atoms with Gasteiger partial charge < -0.3 is 20.0 Å². The van der Waals surface area contributed by atoms with Gasteiger partial charge in [-0.15, -0.1) is 35.3 Å². The number of nitrogens with zero attached hydrogens (tertiary/aromatic N) is 3. The van der Waals surface area contributed by atoms with E-state index in [9.17, 15) is 0 Å². The summed E-state index contributed by atoms with van der Waals surface area (Å²) in [4.78, 5) is 13.0. The minimum absolute atomic E-state index is 0. The van der Waals surface area contributed by atoms with Crippen molar-refractivity contribution < 1.29 is 4.42 Å². The third-order valence-corrected chi connectivity index (χ3v) is 6.13. The first-order valence-electron chi connectivity index (χ1n) is 10.5. The maximum absolute atomic E-state index is 5.44. The van der Waals surface area contributed by atoms with Gasteiger partial charge in [-0.25, -0.2) is 9.98 Å². The summed E-state index contributed by atoms with van der Waals surface area (Å²) in [5.41, 5.74) is 1.20. The number of hydrogen-bond acceptors (Lipinski definition) is 5. The monoisotopic (exact) mass is 551 g/mol. The summed E-state index contributed by atoms with van der Waals surface area (Å²) in [6, 6.07) is 12.8. The topological polar surface area (TPSA) is 65.7 Å². The van der Waals surface area contributed by atoms with E-state index >= 15 is 0 Å². The molecule has 3 aromatic rings. The molecule has 1 fully saturated rings. The summed E-state index contributed by atoms with van der Waals surface area (Å²) in [5, 5.41) is 9.21. The molecule has 0 atom stereocenters. The van der Waals surface area contributed by atoms with E-state index in [1.807, 2.05) is 18.3 Å². The highest BCUT2D eigenvalue weighted by atomic mass is 127. The molecule has 166 valence electrons. The van der Waals surface area contributed by atoms with Crippen LogP contribution in [0.1, 0.15) is 29.0 Å². The van der Waals surface area contributed by atoms with E-state index in [0.717, 1.165) is 56.4 Å². The summed E-state index contributed by atoms with van der Waals surface area (Å²) >= 11 is 1.74. The molecule has 1 saturated heterocycles. The van der Waals surface area contributed by atoms with E-state index in [2.05, 4.69) is 57.1 Å². The molecule has 0 aliphatic carbocycles. The minimum Gasteiger partial charge on any atom is -0.469 e. The molecule has 0 spiro atoms. The fraction of sp³-hybridized carbons (Fsp3) is 0.391. The fourth-order valence-corrected chi connectivity index (χ4v) is 4.19. The molecule has 8 heteroatoms. The number of thiophene rings is 1. The Balaban J connectivity index is 0.00000272. The van der Waals surface area contributed by atoms with E-state index in [1.54, 1.807) is 17.6 Å². The Morgan fingerprint density at radius 1 is 1.23 bits per heavy atom. The number of aromatic nitrogens is 1. The lowest BCUT2D eigenvalue weighted by atomic mass is 10.1. The number of nitrogens with one attached hydrogen (secondary N) is 2. The Kier molecular flexibility index (Phi) is 9.20. The molecule has 6 nitrogen and oxygen atoms in total. The highest BCUT2D eigenvalue weighted by Gasteiger charge is 2.21. The molecule has 4 rings (SSSR count). The SMILES string of the molecule is Cc1ccc(N2CCC(NC(=NCc3cccs3)NCCc3ccco3)CC2)nc1.I. The van der Waals surface area contributed by atoms with Crippen LogP contribution in [-0.4, -0.2) is 36.6 Å². The largest absolute Gasteiger partial charge is 0.469 e. The Morgan fingerprint density at radius 3 is 2.77 bits per heavy atom. The van der Waals surface area contributed by atoms with E-state index in [1.165, 1.54) is 10.4 Å². The summed E-state index contributed by atoms with van der Waals surface area (Å²) < 4.78 is 5.44. The van der Waals surface area contributed by atoms with Crippen molar-refractivity contribution >= 4 is 47.1 Å². The molecule has 0 bridgehead atoms. The molecular formula is C23H30IN5OS. The molecule has 3 aromatic heterocycles. The van der Waals surface area contributed by atoms with Crippen molar-refractivity contribution in [3.8, 4) is 0 Å². The first-order valence-corrected chi connectivity index (χ1v) is 11.4. The number of aliphatic imine (C=N–C) groups is 1. The van der Waals surface area contributed by atoms with Crippen molar-refractivity contribution in [2.24, 2.45) is 4.99 Å². The number of hydrogen-bond donors (Lipinski definition) is 2. The average molecular weight is 551 g/mol. The Hall–Kier alpha value is -2.07. The van der Waals surface area contributed by atoms with Gasteiger partial charge in [0.25, 0.3) is 0 Å². The van der Waals surface area contributed by atoms with Gasteiger partial charge in [0.15, 0.2) is 5.96 Å². The van der Waals surface area contributed by atoms with E-state index in [0.29, 0.717) is 12.6 Å². The van der Waals surface area contributed by atoms with Gasteiger partial charge >= 0.3 is 0 Å². The van der Waals surface area contributed by atoms with Crippen LogP contribution < -0.4 is 15.5 Å². The van der Waals surface area contributed by atoms with Crippen molar-refractivity contribution in [1.29, 1.82) is 0 Å². The minimum atomic E-state index is 0. The van der Waals surface area contributed by atoms with Crippen LogP contribution in [-0.2, 0) is 13.0 Å². The van der Waals surface area contributed by atoms with Gasteiger partial charge in [-0.3, -0.25) is 0 Å². The zero-order valence-corrected chi connectivity index (χ0v) is 20.9. The number of halogens is 1. The lowest BCUT2D eigenvalue weighted by Gasteiger charge is -2.34.